The minimum Gasteiger partial charge on any atom is -0.330 e. The smallest absolute Gasteiger partial charge is 0.330 e. The van der Waals surface area contributed by atoms with Crippen molar-refractivity contribution < 1.29 is 21.6 Å². The maximum Gasteiger partial charge on any atom is 0.390 e. The highest BCUT2D eigenvalue weighted by Crippen LogP contribution is 2.21. The lowest BCUT2D eigenvalue weighted by Crippen LogP contribution is -2.26. The molecule has 7 heteroatoms. The van der Waals surface area contributed by atoms with Gasteiger partial charge in [-0.2, -0.15) is 13.2 Å². The van der Waals surface area contributed by atoms with E-state index < -0.39 is 33.4 Å². The molecular formula is C7H14F3NO2S. The lowest BCUT2D eigenvalue weighted by Gasteiger charge is -2.12. The van der Waals surface area contributed by atoms with Crippen LogP contribution in [-0.4, -0.2) is 32.1 Å². The zero-order valence-electron chi connectivity index (χ0n) is 7.84. The van der Waals surface area contributed by atoms with E-state index in [1.807, 2.05) is 0 Å². The van der Waals surface area contributed by atoms with Crippen molar-refractivity contribution in [2.45, 2.75) is 31.2 Å². The molecule has 0 aliphatic rings. The van der Waals surface area contributed by atoms with Crippen molar-refractivity contribution in [3.8, 4) is 0 Å². The lowest BCUT2D eigenvalue weighted by molar-refractivity contribution is -0.129. The summed E-state index contributed by atoms with van der Waals surface area (Å²) in [6, 6.07) is 0. The molecule has 0 radical (unpaired) electrons. The number of hydrogen-bond acceptors (Lipinski definition) is 3. The van der Waals surface area contributed by atoms with Gasteiger partial charge in [-0.15, -0.1) is 0 Å². The first kappa shape index (κ1) is 13.7. The Bertz CT molecular complexity index is 261. The van der Waals surface area contributed by atoms with Crippen LogP contribution in [0, 0.1) is 0 Å². The SMILES string of the molecule is CC(CCN)S(=O)(=O)CCC(F)(F)F. The molecule has 86 valence electrons. The van der Waals surface area contributed by atoms with Gasteiger partial charge in [-0.3, -0.25) is 0 Å². The van der Waals surface area contributed by atoms with E-state index in [-0.39, 0.29) is 13.0 Å². The summed E-state index contributed by atoms with van der Waals surface area (Å²) in [6.07, 6.45) is -5.51. The van der Waals surface area contributed by atoms with Gasteiger partial charge in [0.05, 0.1) is 17.4 Å². The van der Waals surface area contributed by atoms with Crippen molar-refractivity contribution in [2.75, 3.05) is 12.3 Å². The van der Waals surface area contributed by atoms with Crippen molar-refractivity contribution in [2.24, 2.45) is 5.73 Å². The molecule has 0 aromatic heterocycles. The summed E-state index contributed by atoms with van der Waals surface area (Å²) in [5.41, 5.74) is 5.12. The van der Waals surface area contributed by atoms with Crippen molar-refractivity contribution in [3.05, 3.63) is 0 Å². The quantitative estimate of drug-likeness (QED) is 0.773. The van der Waals surface area contributed by atoms with E-state index in [1.165, 1.54) is 6.92 Å². The molecule has 1 atom stereocenters. The van der Waals surface area contributed by atoms with Crippen LogP contribution >= 0.6 is 0 Å². The summed E-state index contributed by atoms with van der Waals surface area (Å²) in [5.74, 6) is -0.850. The van der Waals surface area contributed by atoms with Crippen LogP contribution in [0.1, 0.15) is 19.8 Å². The molecule has 0 aromatic carbocycles. The molecule has 14 heavy (non-hydrogen) atoms. The van der Waals surface area contributed by atoms with Gasteiger partial charge in [0, 0.05) is 0 Å². The van der Waals surface area contributed by atoms with Gasteiger partial charge < -0.3 is 5.73 Å². The Hall–Kier alpha value is -0.300. The highest BCUT2D eigenvalue weighted by atomic mass is 32.2. The van der Waals surface area contributed by atoms with Gasteiger partial charge in [-0.25, -0.2) is 8.42 Å². The minimum absolute atomic E-state index is 0.159. The summed E-state index contributed by atoms with van der Waals surface area (Å²) in [4.78, 5) is 0. The molecule has 0 saturated heterocycles. The van der Waals surface area contributed by atoms with E-state index in [1.54, 1.807) is 0 Å². The second-order valence-corrected chi connectivity index (χ2v) is 5.66. The van der Waals surface area contributed by atoms with Crippen LogP contribution in [0.15, 0.2) is 0 Å². The van der Waals surface area contributed by atoms with Gasteiger partial charge in [-0.1, -0.05) is 0 Å². The predicted octanol–water partition coefficient (Wildman–Crippen LogP) is 1.09. The third kappa shape index (κ3) is 5.43. The zero-order valence-corrected chi connectivity index (χ0v) is 8.66. The first-order valence-corrected chi connectivity index (χ1v) is 5.89. The largest absolute Gasteiger partial charge is 0.390 e. The summed E-state index contributed by atoms with van der Waals surface area (Å²) < 4.78 is 57.7. The Kier molecular flexibility index (Phi) is 4.87. The van der Waals surface area contributed by atoms with Crippen LogP contribution in [0.5, 0.6) is 0 Å². The Morgan fingerprint density at radius 2 is 1.86 bits per heavy atom. The molecule has 0 heterocycles. The molecule has 0 fully saturated rings. The highest BCUT2D eigenvalue weighted by molar-refractivity contribution is 7.92. The zero-order chi connectivity index (χ0) is 11.4. The third-order valence-electron chi connectivity index (χ3n) is 1.86. The highest BCUT2D eigenvalue weighted by Gasteiger charge is 2.31. The summed E-state index contributed by atoms with van der Waals surface area (Å²) >= 11 is 0. The van der Waals surface area contributed by atoms with Crippen LogP contribution in [-0.2, 0) is 9.84 Å². The number of alkyl halides is 3. The van der Waals surface area contributed by atoms with Gasteiger partial charge >= 0.3 is 6.18 Å². The van der Waals surface area contributed by atoms with Crippen LogP contribution in [0.2, 0.25) is 0 Å². The Labute approximate surface area is 81.4 Å². The average molecular weight is 233 g/mol. The Morgan fingerprint density at radius 3 is 2.21 bits per heavy atom. The normalized spacial score (nSPS) is 15.5. The van der Waals surface area contributed by atoms with Crippen LogP contribution in [0.25, 0.3) is 0 Å². The van der Waals surface area contributed by atoms with Gasteiger partial charge in [0.25, 0.3) is 0 Å². The molecular weight excluding hydrogens is 219 g/mol. The fourth-order valence-corrected chi connectivity index (χ4v) is 2.29. The number of sulfone groups is 1. The van der Waals surface area contributed by atoms with Crippen molar-refractivity contribution in [1.29, 1.82) is 0 Å². The Morgan fingerprint density at radius 1 is 1.36 bits per heavy atom. The maximum absolute atomic E-state index is 11.7. The fourth-order valence-electron chi connectivity index (χ4n) is 0.873. The minimum atomic E-state index is -4.42. The summed E-state index contributed by atoms with van der Waals surface area (Å²) in [5, 5.41) is -0.796. The molecule has 1 unspecified atom stereocenters. The van der Waals surface area contributed by atoms with Crippen LogP contribution < -0.4 is 5.73 Å². The molecule has 2 N–H and O–H groups in total. The second-order valence-electron chi connectivity index (χ2n) is 3.12. The fraction of sp³-hybridized carbons (Fsp3) is 1.00. The van der Waals surface area contributed by atoms with E-state index in [2.05, 4.69) is 0 Å². The van der Waals surface area contributed by atoms with Gasteiger partial charge in [0.2, 0.25) is 0 Å². The van der Waals surface area contributed by atoms with Crippen molar-refractivity contribution in [1.82, 2.24) is 0 Å². The first-order valence-electron chi connectivity index (χ1n) is 4.17. The topological polar surface area (TPSA) is 60.2 Å². The van der Waals surface area contributed by atoms with E-state index >= 15 is 0 Å². The molecule has 0 aliphatic heterocycles. The van der Waals surface area contributed by atoms with E-state index in [4.69, 9.17) is 5.73 Å². The molecule has 0 aliphatic carbocycles. The number of nitrogens with two attached hydrogens (primary N) is 1. The Balaban J connectivity index is 4.22. The maximum atomic E-state index is 11.7. The van der Waals surface area contributed by atoms with Crippen LogP contribution in [0.3, 0.4) is 0 Å². The molecule has 0 aromatic rings. The predicted molar refractivity (Wildman–Crippen MR) is 47.6 cm³/mol. The molecule has 0 bridgehead atoms. The van der Waals surface area contributed by atoms with Gasteiger partial charge in [0.15, 0.2) is 9.84 Å². The molecule has 0 rings (SSSR count). The monoisotopic (exact) mass is 233 g/mol. The first-order chi connectivity index (χ1) is 6.19. The molecule has 0 saturated carbocycles. The molecule has 3 nitrogen and oxygen atoms in total. The lowest BCUT2D eigenvalue weighted by atomic mass is 10.3. The molecule has 0 amide bonds. The van der Waals surface area contributed by atoms with Crippen LogP contribution in [0.4, 0.5) is 13.2 Å². The van der Waals surface area contributed by atoms with Gasteiger partial charge in [-0.05, 0) is 19.9 Å². The van der Waals surface area contributed by atoms with Crippen molar-refractivity contribution >= 4 is 9.84 Å². The third-order valence-corrected chi connectivity index (χ3v) is 4.09. The summed E-state index contributed by atoms with van der Waals surface area (Å²) in [6.45, 7) is 1.53. The van der Waals surface area contributed by atoms with Gasteiger partial charge in [0.1, 0.15) is 0 Å². The van der Waals surface area contributed by atoms with E-state index in [9.17, 15) is 21.6 Å². The molecule has 0 spiro atoms. The van der Waals surface area contributed by atoms with Crippen molar-refractivity contribution in [3.63, 3.8) is 0 Å². The second kappa shape index (κ2) is 4.97. The number of rotatable bonds is 5. The number of hydrogen-bond donors (Lipinski definition) is 1. The van der Waals surface area contributed by atoms with E-state index in [0.29, 0.717) is 0 Å². The average Bonchev–Trinajstić information content (AvgIpc) is 2.00. The number of halogens is 3. The van der Waals surface area contributed by atoms with E-state index in [0.717, 1.165) is 0 Å². The summed E-state index contributed by atoms with van der Waals surface area (Å²) in [7, 11) is -3.66. The standard InChI is InChI=1S/C7H14F3NO2S/c1-6(2-4-11)14(12,13)5-3-7(8,9)10/h6H,2-5,11H2,1H3.